The number of aromatic nitrogens is 3. The van der Waals surface area contributed by atoms with E-state index in [4.69, 9.17) is 16.3 Å². The minimum atomic E-state index is 0.298. The lowest BCUT2D eigenvalue weighted by Gasteiger charge is -2.10. The molecule has 0 amide bonds. The molecule has 0 aliphatic heterocycles. The zero-order valence-corrected chi connectivity index (χ0v) is 13.6. The molecule has 0 saturated carbocycles. The van der Waals surface area contributed by atoms with Crippen molar-refractivity contribution in [3.8, 4) is 11.6 Å². The van der Waals surface area contributed by atoms with Crippen LogP contribution in [-0.4, -0.2) is 20.8 Å². The van der Waals surface area contributed by atoms with Gasteiger partial charge >= 0.3 is 0 Å². The molecule has 114 valence electrons. The number of hydrogen-bond donors (Lipinski definition) is 1. The fraction of sp³-hybridized carbons (Fsp3) is 0.467. The third kappa shape index (κ3) is 4.44. The average Bonchev–Trinajstić information content (AvgIpc) is 2.88. The SMILES string of the molecule is CC(C)NCc1cc(Oc2cnn(C(C)C)c2)ncc1Cl. The molecule has 6 heteroatoms. The molecule has 0 aliphatic carbocycles. The van der Waals surface area contributed by atoms with Gasteiger partial charge in [0.1, 0.15) is 0 Å². The largest absolute Gasteiger partial charge is 0.436 e. The molecule has 2 rings (SSSR count). The highest BCUT2D eigenvalue weighted by molar-refractivity contribution is 6.31. The van der Waals surface area contributed by atoms with Crippen molar-refractivity contribution in [1.29, 1.82) is 0 Å². The molecule has 0 fully saturated rings. The second kappa shape index (κ2) is 6.91. The van der Waals surface area contributed by atoms with Crippen molar-refractivity contribution < 1.29 is 4.74 Å². The second-order valence-electron chi connectivity index (χ2n) is 5.50. The van der Waals surface area contributed by atoms with Crippen molar-refractivity contribution in [2.45, 2.75) is 46.3 Å². The van der Waals surface area contributed by atoms with Crippen molar-refractivity contribution in [2.75, 3.05) is 0 Å². The molecule has 0 aromatic carbocycles. The Morgan fingerprint density at radius 3 is 2.67 bits per heavy atom. The van der Waals surface area contributed by atoms with Gasteiger partial charge < -0.3 is 10.1 Å². The molecular weight excluding hydrogens is 288 g/mol. The van der Waals surface area contributed by atoms with Crippen LogP contribution in [0.15, 0.2) is 24.7 Å². The Balaban J connectivity index is 2.10. The third-order valence-corrected chi connectivity index (χ3v) is 3.28. The summed E-state index contributed by atoms with van der Waals surface area (Å²) in [6, 6.07) is 2.54. The predicted octanol–water partition coefficient (Wildman–Crippen LogP) is 3.80. The van der Waals surface area contributed by atoms with Gasteiger partial charge in [-0.3, -0.25) is 4.68 Å². The van der Waals surface area contributed by atoms with Gasteiger partial charge in [0.05, 0.1) is 17.4 Å². The van der Waals surface area contributed by atoms with Gasteiger partial charge in [0.15, 0.2) is 5.75 Å². The Kier molecular flexibility index (Phi) is 5.20. The van der Waals surface area contributed by atoms with Crippen LogP contribution in [0.4, 0.5) is 0 Å². The maximum atomic E-state index is 6.15. The van der Waals surface area contributed by atoms with Crippen LogP contribution in [-0.2, 0) is 6.54 Å². The molecule has 0 atom stereocenters. The lowest BCUT2D eigenvalue weighted by atomic mass is 10.2. The van der Waals surface area contributed by atoms with Gasteiger partial charge in [-0.1, -0.05) is 25.4 Å². The number of nitrogens with zero attached hydrogens (tertiary/aromatic N) is 3. The normalized spacial score (nSPS) is 11.4. The van der Waals surface area contributed by atoms with Crippen LogP contribution in [0.5, 0.6) is 11.6 Å². The van der Waals surface area contributed by atoms with Gasteiger partial charge in [0, 0.05) is 30.9 Å². The smallest absolute Gasteiger partial charge is 0.219 e. The van der Waals surface area contributed by atoms with E-state index in [1.54, 1.807) is 12.4 Å². The molecule has 0 saturated heterocycles. The molecule has 2 aromatic heterocycles. The van der Waals surface area contributed by atoms with Gasteiger partial charge in [-0.2, -0.15) is 5.10 Å². The minimum absolute atomic E-state index is 0.298. The number of hydrogen-bond acceptors (Lipinski definition) is 4. The van der Waals surface area contributed by atoms with E-state index >= 15 is 0 Å². The second-order valence-corrected chi connectivity index (χ2v) is 5.91. The standard InChI is InChI=1S/C15H21ClN4O/c1-10(2)17-6-12-5-15(18-8-14(12)16)21-13-7-19-20(9-13)11(3)4/h5,7-11,17H,6H2,1-4H3. The zero-order valence-electron chi connectivity index (χ0n) is 12.8. The first-order valence-corrected chi connectivity index (χ1v) is 7.43. The molecule has 0 bridgehead atoms. The molecule has 0 aliphatic rings. The van der Waals surface area contributed by atoms with E-state index in [0.717, 1.165) is 5.56 Å². The van der Waals surface area contributed by atoms with Gasteiger partial charge in [0.25, 0.3) is 0 Å². The first-order chi connectivity index (χ1) is 9.95. The van der Waals surface area contributed by atoms with Crippen LogP contribution in [0, 0.1) is 0 Å². The van der Waals surface area contributed by atoms with Crippen LogP contribution in [0.3, 0.4) is 0 Å². The Morgan fingerprint density at radius 1 is 1.29 bits per heavy atom. The zero-order chi connectivity index (χ0) is 15.4. The third-order valence-electron chi connectivity index (χ3n) is 2.94. The number of ether oxygens (including phenoxy) is 1. The summed E-state index contributed by atoms with van der Waals surface area (Å²) in [5.74, 6) is 1.18. The Bertz CT molecular complexity index is 595. The summed E-state index contributed by atoms with van der Waals surface area (Å²) in [6.07, 6.45) is 5.15. The van der Waals surface area contributed by atoms with E-state index in [-0.39, 0.29) is 0 Å². The van der Waals surface area contributed by atoms with E-state index in [1.807, 2.05) is 16.9 Å². The monoisotopic (exact) mass is 308 g/mol. The summed E-state index contributed by atoms with van der Waals surface area (Å²) in [5.41, 5.74) is 0.964. The van der Waals surface area contributed by atoms with E-state index in [0.29, 0.717) is 35.3 Å². The maximum absolute atomic E-state index is 6.15. The summed E-state index contributed by atoms with van der Waals surface area (Å²) in [7, 11) is 0. The first-order valence-electron chi connectivity index (χ1n) is 7.05. The van der Waals surface area contributed by atoms with Crippen LogP contribution >= 0.6 is 11.6 Å². The topological polar surface area (TPSA) is 52.0 Å². The number of rotatable bonds is 6. The maximum Gasteiger partial charge on any atom is 0.219 e. The lowest BCUT2D eigenvalue weighted by molar-refractivity contribution is 0.457. The van der Waals surface area contributed by atoms with Crippen molar-refractivity contribution in [3.63, 3.8) is 0 Å². The van der Waals surface area contributed by atoms with Crippen LogP contribution in [0.1, 0.15) is 39.3 Å². The molecule has 5 nitrogen and oxygen atoms in total. The van der Waals surface area contributed by atoms with Crippen LogP contribution in [0.25, 0.3) is 0 Å². The van der Waals surface area contributed by atoms with Gasteiger partial charge in [-0.25, -0.2) is 4.98 Å². The number of halogens is 1. The van der Waals surface area contributed by atoms with E-state index in [2.05, 4.69) is 43.1 Å². The highest BCUT2D eigenvalue weighted by Gasteiger charge is 2.08. The lowest BCUT2D eigenvalue weighted by Crippen LogP contribution is -2.22. The fourth-order valence-electron chi connectivity index (χ4n) is 1.74. The predicted molar refractivity (Wildman–Crippen MR) is 83.9 cm³/mol. The minimum Gasteiger partial charge on any atom is -0.436 e. The van der Waals surface area contributed by atoms with Gasteiger partial charge in [-0.05, 0) is 19.4 Å². The number of nitrogens with one attached hydrogen (secondary N) is 1. The molecule has 0 radical (unpaired) electrons. The van der Waals surface area contributed by atoms with E-state index in [9.17, 15) is 0 Å². The van der Waals surface area contributed by atoms with Crippen molar-refractivity contribution in [3.05, 3.63) is 35.2 Å². The van der Waals surface area contributed by atoms with Crippen molar-refractivity contribution in [2.24, 2.45) is 0 Å². The quantitative estimate of drug-likeness (QED) is 0.882. The Hall–Kier alpha value is -1.59. The molecule has 1 N–H and O–H groups in total. The van der Waals surface area contributed by atoms with Gasteiger partial charge in [-0.15, -0.1) is 0 Å². The van der Waals surface area contributed by atoms with E-state index < -0.39 is 0 Å². The van der Waals surface area contributed by atoms with Gasteiger partial charge in [0.2, 0.25) is 5.88 Å². The summed E-state index contributed by atoms with van der Waals surface area (Å²) in [6.45, 7) is 8.99. The van der Waals surface area contributed by atoms with E-state index in [1.165, 1.54) is 0 Å². The first kappa shape index (κ1) is 15.8. The Morgan fingerprint density at radius 2 is 2.05 bits per heavy atom. The summed E-state index contributed by atoms with van der Waals surface area (Å²) >= 11 is 6.15. The molecular formula is C15H21ClN4O. The molecule has 2 heterocycles. The molecule has 0 spiro atoms. The highest BCUT2D eigenvalue weighted by atomic mass is 35.5. The summed E-state index contributed by atoms with van der Waals surface area (Å²) < 4.78 is 7.57. The molecule has 2 aromatic rings. The molecule has 0 unspecified atom stereocenters. The van der Waals surface area contributed by atoms with Crippen LogP contribution in [0.2, 0.25) is 5.02 Å². The van der Waals surface area contributed by atoms with Crippen LogP contribution < -0.4 is 10.1 Å². The van der Waals surface area contributed by atoms with Crippen molar-refractivity contribution in [1.82, 2.24) is 20.1 Å². The molecule has 21 heavy (non-hydrogen) atoms. The number of pyridine rings is 1. The average molecular weight is 309 g/mol. The highest BCUT2D eigenvalue weighted by Crippen LogP contribution is 2.24. The van der Waals surface area contributed by atoms with Crippen molar-refractivity contribution >= 4 is 11.6 Å². The Labute approximate surface area is 130 Å². The summed E-state index contributed by atoms with van der Waals surface area (Å²) in [4.78, 5) is 4.20. The fourth-order valence-corrected chi connectivity index (χ4v) is 1.91. The summed E-state index contributed by atoms with van der Waals surface area (Å²) in [5, 5.41) is 8.20.